The summed E-state index contributed by atoms with van der Waals surface area (Å²) >= 11 is 9.05. The molecular formula is C25H21ClN2O2S2. The Labute approximate surface area is 201 Å². The van der Waals surface area contributed by atoms with E-state index in [2.05, 4.69) is 6.07 Å². The molecule has 0 atom stereocenters. The molecule has 1 fully saturated rings. The zero-order chi connectivity index (χ0) is 22.5. The van der Waals surface area contributed by atoms with E-state index in [0.29, 0.717) is 21.6 Å². The van der Waals surface area contributed by atoms with Crippen molar-refractivity contribution in [2.45, 2.75) is 16.7 Å². The Bertz CT molecular complexity index is 1180. The number of likely N-dealkylation sites (N-methyl/N-ethyl adjacent to an activating group) is 1. The second-order valence-electron chi connectivity index (χ2n) is 6.85. The van der Waals surface area contributed by atoms with E-state index in [-0.39, 0.29) is 5.91 Å². The second-order valence-corrected chi connectivity index (χ2v) is 9.41. The summed E-state index contributed by atoms with van der Waals surface area (Å²) in [6.45, 7) is 2.51. The molecule has 32 heavy (non-hydrogen) atoms. The maximum Gasteiger partial charge on any atom is 0.266 e. The van der Waals surface area contributed by atoms with Crippen LogP contribution in [0, 0.1) is 0 Å². The van der Waals surface area contributed by atoms with Crippen LogP contribution in [0.25, 0.3) is 6.08 Å². The standard InChI is InChI=1S/C25H21ClN2O2S2/c1-3-28-24(29)23(32-25(28)27-19-10-12-20(30-2)13-11-19)16-17-6-4-5-7-22(17)31-21-14-8-18(26)9-15-21/h4-16H,3H2,1-2H3/b23-16-,27-25?. The van der Waals surface area contributed by atoms with Crippen LogP contribution in [0.2, 0.25) is 5.02 Å². The average Bonchev–Trinajstić information content (AvgIpc) is 3.10. The van der Waals surface area contributed by atoms with Gasteiger partial charge in [0.25, 0.3) is 5.91 Å². The van der Waals surface area contributed by atoms with E-state index in [1.807, 2.05) is 79.7 Å². The number of carbonyl (C=O) groups is 1. The van der Waals surface area contributed by atoms with Crippen molar-refractivity contribution in [1.82, 2.24) is 4.90 Å². The van der Waals surface area contributed by atoms with Gasteiger partial charge in [-0.2, -0.15) is 0 Å². The third-order valence-corrected chi connectivity index (χ3v) is 7.11. The zero-order valence-electron chi connectivity index (χ0n) is 17.6. The fourth-order valence-electron chi connectivity index (χ4n) is 3.10. The Morgan fingerprint density at radius 3 is 2.47 bits per heavy atom. The number of carbonyl (C=O) groups excluding carboxylic acids is 1. The van der Waals surface area contributed by atoms with Crippen molar-refractivity contribution in [3.63, 3.8) is 0 Å². The number of hydrogen-bond acceptors (Lipinski definition) is 5. The summed E-state index contributed by atoms with van der Waals surface area (Å²) in [6.07, 6.45) is 1.95. The van der Waals surface area contributed by atoms with Crippen molar-refractivity contribution >= 4 is 58.0 Å². The number of hydrogen-bond donors (Lipinski definition) is 0. The molecule has 4 nitrogen and oxygen atoms in total. The summed E-state index contributed by atoms with van der Waals surface area (Å²) in [7, 11) is 1.63. The van der Waals surface area contributed by atoms with Gasteiger partial charge in [0.05, 0.1) is 17.7 Å². The van der Waals surface area contributed by atoms with Crippen LogP contribution in [0.1, 0.15) is 12.5 Å². The Kier molecular flexibility index (Phi) is 7.25. The van der Waals surface area contributed by atoms with E-state index in [1.54, 1.807) is 23.8 Å². The quantitative estimate of drug-likeness (QED) is 0.352. The number of amidine groups is 1. The number of halogens is 1. The molecule has 0 saturated carbocycles. The molecule has 7 heteroatoms. The van der Waals surface area contributed by atoms with Gasteiger partial charge in [-0.1, -0.05) is 41.6 Å². The fraction of sp³-hybridized carbons (Fsp3) is 0.120. The molecule has 0 spiro atoms. The van der Waals surface area contributed by atoms with Gasteiger partial charge in [0.2, 0.25) is 0 Å². The molecule has 1 amide bonds. The summed E-state index contributed by atoms with van der Waals surface area (Å²) in [5, 5.41) is 1.39. The van der Waals surface area contributed by atoms with Gasteiger partial charge in [-0.3, -0.25) is 9.69 Å². The van der Waals surface area contributed by atoms with Gasteiger partial charge in [0.15, 0.2) is 5.17 Å². The van der Waals surface area contributed by atoms with Crippen molar-refractivity contribution < 1.29 is 9.53 Å². The van der Waals surface area contributed by atoms with Crippen molar-refractivity contribution in [1.29, 1.82) is 0 Å². The molecule has 4 rings (SSSR count). The molecule has 0 radical (unpaired) electrons. The van der Waals surface area contributed by atoms with E-state index >= 15 is 0 Å². The number of methoxy groups -OCH3 is 1. The number of amides is 1. The average molecular weight is 481 g/mol. The van der Waals surface area contributed by atoms with Crippen LogP contribution in [0.4, 0.5) is 5.69 Å². The Morgan fingerprint density at radius 2 is 1.78 bits per heavy atom. The smallest absolute Gasteiger partial charge is 0.266 e. The summed E-state index contributed by atoms with van der Waals surface area (Å²) < 4.78 is 5.21. The first-order valence-electron chi connectivity index (χ1n) is 10.0. The highest BCUT2D eigenvalue weighted by Gasteiger charge is 2.32. The van der Waals surface area contributed by atoms with E-state index in [1.165, 1.54) is 11.8 Å². The van der Waals surface area contributed by atoms with Crippen LogP contribution in [-0.4, -0.2) is 29.6 Å². The van der Waals surface area contributed by atoms with Gasteiger partial charge in [-0.05, 0) is 84.9 Å². The van der Waals surface area contributed by atoms with Crippen LogP contribution < -0.4 is 4.74 Å². The van der Waals surface area contributed by atoms with Gasteiger partial charge in [0, 0.05) is 21.4 Å². The number of ether oxygens (including phenoxy) is 1. The Morgan fingerprint density at radius 1 is 1.06 bits per heavy atom. The minimum absolute atomic E-state index is 0.0314. The first kappa shape index (κ1) is 22.5. The molecule has 1 aliphatic heterocycles. The highest BCUT2D eigenvalue weighted by atomic mass is 35.5. The van der Waals surface area contributed by atoms with Gasteiger partial charge in [0.1, 0.15) is 5.75 Å². The Hall–Kier alpha value is -2.67. The third kappa shape index (κ3) is 5.21. The van der Waals surface area contributed by atoms with Gasteiger partial charge in [-0.25, -0.2) is 4.99 Å². The number of thioether (sulfide) groups is 1. The largest absolute Gasteiger partial charge is 0.497 e. The van der Waals surface area contributed by atoms with Gasteiger partial charge >= 0.3 is 0 Å². The molecule has 0 aromatic heterocycles. The molecule has 162 valence electrons. The van der Waals surface area contributed by atoms with Crippen LogP contribution in [0.3, 0.4) is 0 Å². The predicted octanol–water partition coefficient (Wildman–Crippen LogP) is 7.12. The highest BCUT2D eigenvalue weighted by Crippen LogP contribution is 2.37. The van der Waals surface area contributed by atoms with Crippen LogP contribution in [-0.2, 0) is 4.79 Å². The minimum Gasteiger partial charge on any atom is -0.497 e. The number of nitrogens with zero attached hydrogens (tertiary/aromatic N) is 2. The van der Waals surface area contributed by atoms with E-state index in [4.69, 9.17) is 21.3 Å². The maximum atomic E-state index is 13.1. The molecule has 0 bridgehead atoms. The zero-order valence-corrected chi connectivity index (χ0v) is 20.0. The summed E-state index contributed by atoms with van der Waals surface area (Å²) in [5.74, 6) is 0.739. The number of benzene rings is 3. The number of rotatable bonds is 6. The van der Waals surface area contributed by atoms with Crippen molar-refractivity contribution in [2.75, 3.05) is 13.7 Å². The SMILES string of the molecule is CCN1C(=O)/C(=C/c2ccccc2Sc2ccc(Cl)cc2)SC1=Nc1ccc(OC)cc1. The first-order chi connectivity index (χ1) is 15.6. The van der Waals surface area contributed by atoms with Crippen LogP contribution in [0.15, 0.2) is 92.5 Å². The van der Waals surface area contributed by atoms with E-state index in [0.717, 1.165) is 26.8 Å². The lowest BCUT2D eigenvalue weighted by Crippen LogP contribution is -2.28. The first-order valence-corrected chi connectivity index (χ1v) is 12.0. The van der Waals surface area contributed by atoms with Crippen molar-refractivity contribution in [3.8, 4) is 5.75 Å². The lowest BCUT2D eigenvalue weighted by atomic mass is 10.2. The van der Waals surface area contributed by atoms with Gasteiger partial charge in [-0.15, -0.1) is 0 Å². The highest BCUT2D eigenvalue weighted by molar-refractivity contribution is 8.18. The predicted molar refractivity (Wildman–Crippen MR) is 135 cm³/mol. The summed E-state index contributed by atoms with van der Waals surface area (Å²) in [6, 6.07) is 23.3. The van der Waals surface area contributed by atoms with E-state index in [9.17, 15) is 4.79 Å². The lowest BCUT2D eigenvalue weighted by molar-refractivity contribution is -0.122. The molecule has 0 unspecified atom stereocenters. The second kappa shape index (κ2) is 10.3. The molecule has 3 aromatic carbocycles. The maximum absolute atomic E-state index is 13.1. The molecule has 1 saturated heterocycles. The minimum atomic E-state index is -0.0314. The summed E-state index contributed by atoms with van der Waals surface area (Å²) in [4.78, 5) is 22.3. The lowest BCUT2D eigenvalue weighted by Gasteiger charge is -2.12. The van der Waals surface area contributed by atoms with E-state index < -0.39 is 0 Å². The molecule has 1 heterocycles. The molecular weight excluding hydrogens is 460 g/mol. The van der Waals surface area contributed by atoms with Crippen LogP contribution in [0.5, 0.6) is 5.75 Å². The number of aliphatic imine (C=N–C) groups is 1. The molecule has 0 aliphatic carbocycles. The van der Waals surface area contributed by atoms with Gasteiger partial charge < -0.3 is 4.74 Å². The molecule has 3 aromatic rings. The van der Waals surface area contributed by atoms with Crippen molar-refractivity contribution in [2.24, 2.45) is 4.99 Å². The molecule has 1 aliphatic rings. The Balaban J connectivity index is 1.62. The topological polar surface area (TPSA) is 41.9 Å². The molecule has 0 N–H and O–H groups in total. The normalized spacial score (nSPS) is 16.2. The monoisotopic (exact) mass is 480 g/mol. The van der Waals surface area contributed by atoms with Crippen molar-refractivity contribution in [3.05, 3.63) is 88.3 Å². The van der Waals surface area contributed by atoms with Crippen LogP contribution >= 0.6 is 35.1 Å². The summed E-state index contributed by atoms with van der Waals surface area (Å²) in [5.41, 5.74) is 1.77. The fourth-order valence-corrected chi connectivity index (χ4v) is 5.20. The third-order valence-electron chi connectivity index (χ3n) is 4.75.